The summed E-state index contributed by atoms with van der Waals surface area (Å²) in [6.07, 6.45) is 5.62. The van der Waals surface area contributed by atoms with Crippen molar-refractivity contribution in [3.63, 3.8) is 0 Å². The first kappa shape index (κ1) is 21.1. The minimum absolute atomic E-state index is 0. The average molecular weight is 415 g/mol. The van der Waals surface area contributed by atoms with Gasteiger partial charge in [-0.25, -0.2) is 4.98 Å². The highest BCUT2D eigenvalue weighted by atomic mass is 35.5. The smallest absolute Gasteiger partial charge is 0.155 e. The van der Waals surface area contributed by atoms with E-state index in [0.717, 1.165) is 61.2 Å². The fourth-order valence-electron chi connectivity index (χ4n) is 3.75. The van der Waals surface area contributed by atoms with Crippen molar-refractivity contribution in [1.29, 1.82) is 0 Å². The van der Waals surface area contributed by atoms with Gasteiger partial charge < -0.3 is 9.64 Å². The van der Waals surface area contributed by atoms with E-state index < -0.39 is 0 Å². The van der Waals surface area contributed by atoms with Crippen LogP contribution in [-0.4, -0.2) is 57.9 Å². The second kappa shape index (κ2) is 9.24. The summed E-state index contributed by atoms with van der Waals surface area (Å²) in [4.78, 5) is 14.1. The molecule has 4 rings (SSSR count). The van der Waals surface area contributed by atoms with Gasteiger partial charge in [-0.3, -0.25) is 14.6 Å². The van der Waals surface area contributed by atoms with Gasteiger partial charge in [0.05, 0.1) is 12.8 Å². The van der Waals surface area contributed by atoms with Crippen LogP contribution in [0.15, 0.2) is 42.9 Å². The molecule has 7 nitrogen and oxygen atoms in total. The zero-order valence-electron chi connectivity index (χ0n) is 17.1. The number of benzene rings is 1. The lowest BCUT2D eigenvalue weighted by Gasteiger charge is -2.35. The number of methoxy groups -OCH3 is 1. The van der Waals surface area contributed by atoms with Gasteiger partial charge in [0.2, 0.25) is 0 Å². The number of ether oxygens (including phenoxy) is 1. The number of nitrogens with zero attached hydrogens (tertiary/aromatic N) is 6. The number of piperazine rings is 1. The lowest BCUT2D eigenvalue weighted by Crippen LogP contribution is -2.46. The van der Waals surface area contributed by atoms with Crippen LogP contribution >= 0.6 is 12.4 Å². The monoisotopic (exact) mass is 414 g/mol. The van der Waals surface area contributed by atoms with E-state index in [0.29, 0.717) is 0 Å². The highest BCUT2D eigenvalue weighted by Crippen LogP contribution is 2.33. The second-order valence-electron chi connectivity index (χ2n) is 7.11. The van der Waals surface area contributed by atoms with E-state index in [4.69, 9.17) is 4.74 Å². The molecule has 0 N–H and O–H groups in total. The zero-order chi connectivity index (χ0) is 19.5. The summed E-state index contributed by atoms with van der Waals surface area (Å²) in [7, 11) is 3.66. The van der Waals surface area contributed by atoms with E-state index in [1.54, 1.807) is 19.5 Å². The van der Waals surface area contributed by atoms with Crippen LogP contribution in [-0.2, 0) is 13.6 Å². The molecule has 154 valence electrons. The van der Waals surface area contributed by atoms with Crippen LogP contribution < -0.4 is 9.64 Å². The first-order chi connectivity index (χ1) is 13.7. The molecule has 2 aromatic heterocycles. The molecule has 0 bridgehead atoms. The molecule has 3 aromatic rings. The minimum atomic E-state index is 0. The third-order valence-corrected chi connectivity index (χ3v) is 5.22. The fraction of sp³-hybridized carbons (Fsp3) is 0.381. The molecule has 0 radical (unpaired) electrons. The summed E-state index contributed by atoms with van der Waals surface area (Å²) >= 11 is 0. The topological polar surface area (TPSA) is 59.3 Å². The Bertz CT molecular complexity index is 952. The van der Waals surface area contributed by atoms with Crippen LogP contribution in [0.1, 0.15) is 11.3 Å². The van der Waals surface area contributed by atoms with Crippen molar-refractivity contribution in [3.8, 4) is 17.0 Å². The fourth-order valence-corrected chi connectivity index (χ4v) is 3.75. The molecule has 1 aromatic carbocycles. The van der Waals surface area contributed by atoms with Gasteiger partial charge in [-0.05, 0) is 19.1 Å². The lowest BCUT2D eigenvalue weighted by atomic mass is 10.1. The van der Waals surface area contributed by atoms with E-state index in [-0.39, 0.29) is 12.4 Å². The maximum absolute atomic E-state index is 5.54. The highest BCUT2D eigenvalue weighted by molar-refractivity contribution is 5.85. The number of anilines is 1. The van der Waals surface area contributed by atoms with Crippen LogP contribution in [0.4, 0.5) is 5.82 Å². The molecule has 0 spiro atoms. The molecule has 1 aliphatic heterocycles. The molecule has 0 unspecified atom stereocenters. The van der Waals surface area contributed by atoms with Gasteiger partial charge in [-0.15, -0.1) is 12.4 Å². The zero-order valence-corrected chi connectivity index (χ0v) is 17.9. The number of hydrogen-bond donors (Lipinski definition) is 0. The van der Waals surface area contributed by atoms with Gasteiger partial charge in [0, 0.05) is 69.5 Å². The molecular weight excluding hydrogens is 388 g/mol. The summed E-state index contributed by atoms with van der Waals surface area (Å²) in [5, 5.41) is 4.45. The normalized spacial score (nSPS) is 14.5. The van der Waals surface area contributed by atoms with Gasteiger partial charge in [-0.1, -0.05) is 12.1 Å². The SMILES string of the molecule is COc1ccccc1-c1nccnc1N1CCN(Cc2cn(C)nc2C)CC1.Cl. The summed E-state index contributed by atoms with van der Waals surface area (Å²) in [6.45, 7) is 6.81. The van der Waals surface area contributed by atoms with Gasteiger partial charge in [0.15, 0.2) is 5.82 Å². The van der Waals surface area contributed by atoms with E-state index in [1.165, 1.54) is 5.56 Å². The predicted molar refractivity (Wildman–Crippen MR) is 117 cm³/mol. The quantitative estimate of drug-likeness (QED) is 0.639. The molecule has 1 fully saturated rings. The van der Waals surface area contributed by atoms with Gasteiger partial charge in [0.1, 0.15) is 11.4 Å². The predicted octanol–water partition coefficient (Wildman–Crippen LogP) is 2.94. The summed E-state index contributed by atoms with van der Waals surface area (Å²) < 4.78 is 7.43. The molecule has 1 saturated heterocycles. The van der Waals surface area contributed by atoms with Gasteiger partial charge >= 0.3 is 0 Å². The van der Waals surface area contributed by atoms with Crippen LogP contribution in [0.25, 0.3) is 11.3 Å². The molecule has 3 heterocycles. The maximum Gasteiger partial charge on any atom is 0.155 e. The van der Waals surface area contributed by atoms with Crippen molar-refractivity contribution in [2.45, 2.75) is 13.5 Å². The van der Waals surface area contributed by atoms with E-state index in [1.807, 2.05) is 36.0 Å². The Morgan fingerprint density at radius 2 is 1.76 bits per heavy atom. The lowest BCUT2D eigenvalue weighted by molar-refractivity contribution is 0.249. The summed E-state index contributed by atoms with van der Waals surface area (Å²) in [5.74, 6) is 1.74. The molecule has 0 aliphatic carbocycles. The molecule has 1 aliphatic rings. The van der Waals surface area contributed by atoms with Crippen molar-refractivity contribution < 1.29 is 4.74 Å². The minimum Gasteiger partial charge on any atom is -0.496 e. The number of hydrogen-bond acceptors (Lipinski definition) is 6. The highest BCUT2D eigenvalue weighted by Gasteiger charge is 2.23. The first-order valence-electron chi connectivity index (χ1n) is 9.56. The average Bonchev–Trinajstić information content (AvgIpc) is 3.05. The Balaban J connectivity index is 0.00000240. The van der Waals surface area contributed by atoms with Crippen LogP contribution in [0.2, 0.25) is 0 Å². The van der Waals surface area contributed by atoms with E-state index in [9.17, 15) is 0 Å². The largest absolute Gasteiger partial charge is 0.496 e. The number of halogens is 1. The molecular formula is C21H27ClN6O. The molecule has 8 heteroatoms. The first-order valence-corrected chi connectivity index (χ1v) is 9.56. The molecule has 0 saturated carbocycles. The molecule has 29 heavy (non-hydrogen) atoms. The van der Waals surface area contributed by atoms with Crippen molar-refractivity contribution in [3.05, 3.63) is 54.1 Å². The van der Waals surface area contributed by atoms with Crippen molar-refractivity contribution in [1.82, 2.24) is 24.6 Å². The Kier molecular flexibility index (Phi) is 6.71. The van der Waals surface area contributed by atoms with Crippen LogP contribution in [0.3, 0.4) is 0 Å². The molecule has 0 atom stereocenters. The molecule has 0 amide bonds. The van der Waals surface area contributed by atoms with Crippen molar-refractivity contribution in [2.24, 2.45) is 7.05 Å². The number of aryl methyl sites for hydroxylation is 2. The van der Waals surface area contributed by atoms with Crippen LogP contribution in [0.5, 0.6) is 5.75 Å². The van der Waals surface area contributed by atoms with Crippen molar-refractivity contribution in [2.75, 3.05) is 38.2 Å². The Morgan fingerprint density at radius 3 is 2.45 bits per heavy atom. The van der Waals surface area contributed by atoms with Gasteiger partial charge in [-0.2, -0.15) is 5.10 Å². The van der Waals surface area contributed by atoms with E-state index >= 15 is 0 Å². The maximum atomic E-state index is 5.54. The van der Waals surface area contributed by atoms with E-state index in [2.05, 4.69) is 38.0 Å². The number of rotatable bonds is 5. The van der Waals surface area contributed by atoms with Gasteiger partial charge in [0.25, 0.3) is 0 Å². The Hall–Kier alpha value is -2.64. The third-order valence-electron chi connectivity index (χ3n) is 5.22. The summed E-state index contributed by atoms with van der Waals surface area (Å²) in [5.41, 5.74) is 4.25. The number of para-hydroxylation sites is 1. The number of aromatic nitrogens is 4. The Morgan fingerprint density at radius 1 is 1.03 bits per heavy atom. The van der Waals surface area contributed by atoms with Crippen molar-refractivity contribution >= 4 is 18.2 Å². The Labute approximate surface area is 177 Å². The standard InChI is InChI=1S/C21H26N6O.ClH/c1-16-17(14-25(2)24-16)15-26-10-12-27(13-11-26)21-20(22-8-9-23-21)18-6-4-5-7-19(18)28-3;/h4-9,14H,10-13,15H2,1-3H3;1H. The second-order valence-corrected chi connectivity index (χ2v) is 7.11. The third kappa shape index (κ3) is 4.52. The van der Waals surface area contributed by atoms with Crippen LogP contribution in [0, 0.1) is 6.92 Å². The summed E-state index contributed by atoms with van der Waals surface area (Å²) in [6, 6.07) is 7.97.